The molecule has 0 radical (unpaired) electrons. The van der Waals surface area contributed by atoms with Gasteiger partial charge < -0.3 is 9.64 Å². The molecule has 1 aliphatic rings. The number of ether oxygens (including phenoxy) is 1. The lowest BCUT2D eigenvalue weighted by Gasteiger charge is -2.33. The predicted molar refractivity (Wildman–Crippen MR) is 98.3 cm³/mol. The average molecular weight is 398 g/mol. The number of aromatic nitrogens is 2. The van der Waals surface area contributed by atoms with Crippen molar-refractivity contribution in [1.82, 2.24) is 14.9 Å². The summed E-state index contributed by atoms with van der Waals surface area (Å²) in [4.78, 5) is 23.4. The van der Waals surface area contributed by atoms with Gasteiger partial charge >= 0.3 is 0 Å². The molecule has 1 atom stereocenters. The van der Waals surface area contributed by atoms with E-state index in [1.54, 1.807) is 11.1 Å². The van der Waals surface area contributed by atoms with Crippen molar-refractivity contribution in [2.75, 3.05) is 19.7 Å². The highest BCUT2D eigenvalue weighted by Gasteiger charge is 2.27. The molecule has 3 aromatic rings. The first kappa shape index (κ1) is 16.2. The van der Waals surface area contributed by atoms with Gasteiger partial charge in [-0.2, -0.15) is 0 Å². The van der Waals surface area contributed by atoms with Gasteiger partial charge in [0, 0.05) is 11.0 Å². The van der Waals surface area contributed by atoms with E-state index in [0.29, 0.717) is 25.4 Å². The minimum Gasteiger partial charge on any atom is -0.370 e. The van der Waals surface area contributed by atoms with Gasteiger partial charge in [0.25, 0.3) is 5.91 Å². The van der Waals surface area contributed by atoms with Crippen LogP contribution in [0.2, 0.25) is 0 Å². The lowest BCUT2D eigenvalue weighted by atomic mass is 10.1. The van der Waals surface area contributed by atoms with E-state index in [1.807, 2.05) is 48.5 Å². The van der Waals surface area contributed by atoms with Crippen molar-refractivity contribution in [1.29, 1.82) is 0 Å². The number of hydrogen-bond acceptors (Lipinski definition) is 4. The molecular formula is C19H16BrN3O2. The molecule has 0 bridgehead atoms. The number of carbonyl (C=O) groups is 1. The number of nitrogens with zero attached hydrogens (tertiary/aromatic N) is 3. The molecule has 1 saturated heterocycles. The second kappa shape index (κ2) is 6.90. The largest absolute Gasteiger partial charge is 0.370 e. The lowest BCUT2D eigenvalue weighted by Crippen LogP contribution is -2.42. The molecule has 0 spiro atoms. The van der Waals surface area contributed by atoms with Gasteiger partial charge in [0.05, 0.1) is 30.4 Å². The molecule has 4 rings (SSSR count). The standard InChI is InChI=1S/C19H16BrN3O2/c20-14-7-5-13(6-8-14)18-12-23(9-10-25-18)19(24)17-11-21-15-3-1-2-4-16(15)22-17/h1-8,11,18H,9-10,12H2. The summed E-state index contributed by atoms with van der Waals surface area (Å²) in [5.41, 5.74) is 2.94. The summed E-state index contributed by atoms with van der Waals surface area (Å²) in [5, 5.41) is 0. The van der Waals surface area contributed by atoms with Gasteiger partial charge in [-0.1, -0.05) is 40.2 Å². The average Bonchev–Trinajstić information content (AvgIpc) is 2.68. The van der Waals surface area contributed by atoms with Crippen molar-refractivity contribution in [2.24, 2.45) is 0 Å². The Morgan fingerprint density at radius 3 is 2.68 bits per heavy atom. The maximum absolute atomic E-state index is 12.8. The molecule has 0 aliphatic carbocycles. The van der Waals surface area contributed by atoms with Crippen molar-refractivity contribution in [3.05, 3.63) is 70.5 Å². The van der Waals surface area contributed by atoms with Crippen LogP contribution in [-0.2, 0) is 4.74 Å². The third kappa shape index (κ3) is 3.41. The number of rotatable bonds is 2. The highest BCUT2D eigenvalue weighted by Crippen LogP contribution is 2.24. The van der Waals surface area contributed by atoms with Gasteiger partial charge in [-0.25, -0.2) is 4.98 Å². The van der Waals surface area contributed by atoms with Crippen LogP contribution in [0.4, 0.5) is 0 Å². The zero-order chi connectivity index (χ0) is 17.2. The van der Waals surface area contributed by atoms with Gasteiger partial charge in [-0.05, 0) is 29.8 Å². The summed E-state index contributed by atoms with van der Waals surface area (Å²) in [6.45, 7) is 1.57. The number of fused-ring (bicyclic) bond motifs is 1. The van der Waals surface area contributed by atoms with Crippen molar-refractivity contribution in [3.63, 3.8) is 0 Å². The summed E-state index contributed by atoms with van der Waals surface area (Å²) >= 11 is 3.43. The van der Waals surface area contributed by atoms with E-state index in [0.717, 1.165) is 21.1 Å². The molecule has 1 aromatic heterocycles. The van der Waals surface area contributed by atoms with E-state index >= 15 is 0 Å². The van der Waals surface area contributed by atoms with Crippen molar-refractivity contribution in [2.45, 2.75) is 6.10 Å². The molecule has 2 aromatic carbocycles. The summed E-state index contributed by atoms with van der Waals surface area (Å²) in [7, 11) is 0. The molecular weight excluding hydrogens is 382 g/mol. The third-order valence-electron chi connectivity index (χ3n) is 4.26. The van der Waals surface area contributed by atoms with Crippen molar-refractivity contribution in [3.8, 4) is 0 Å². The van der Waals surface area contributed by atoms with Gasteiger partial charge in [0.15, 0.2) is 0 Å². The van der Waals surface area contributed by atoms with Crippen LogP contribution in [0.15, 0.2) is 59.2 Å². The quantitative estimate of drug-likeness (QED) is 0.662. The predicted octanol–water partition coefficient (Wildman–Crippen LogP) is 3.61. The molecule has 1 aliphatic heterocycles. The van der Waals surface area contributed by atoms with Crippen LogP contribution in [0.25, 0.3) is 11.0 Å². The Morgan fingerprint density at radius 2 is 1.88 bits per heavy atom. The maximum Gasteiger partial charge on any atom is 0.274 e. The summed E-state index contributed by atoms with van der Waals surface area (Å²) in [5.74, 6) is -0.108. The Balaban J connectivity index is 1.55. The fraction of sp³-hybridized carbons (Fsp3) is 0.211. The SMILES string of the molecule is O=C(c1cnc2ccccc2n1)N1CCOC(c2ccc(Br)cc2)C1. The molecule has 1 unspecified atom stereocenters. The highest BCUT2D eigenvalue weighted by atomic mass is 79.9. The van der Waals surface area contributed by atoms with Gasteiger partial charge in [-0.3, -0.25) is 9.78 Å². The first-order chi connectivity index (χ1) is 12.2. The lowest BCUT2D eigenvalue weighted by molar-refractivity contribution is -0.0230. The van der Waals surface area contributed by atoms with Crippen molar-refractivity contribution >= 4 is 32.9 Å². The Morgan fingerprint density at radius 1 is 1.12 bits per heavy atom. The van der Waals surface area contributed by atoms with Crippen molar-refractivity contribution < 1.29 is 9.53 Å². The molecule has 126 valence electrons. The van der Waals surface area contributed by atoms with E-state index in [-0.39, 0.29) is 12.0 Å². The van der Waals surface area contributed by atoms with Crippen LogP contribution < -0.4 is 0 Å². The van der Waals surface area contributed by atoms with E-state index in [2.05, 4.69) is 25.9 Å². The van der Waals surface area contributed by atoms with Crippen LogP contribution in [0.3, 0.4) is 0 Å². The monoisotopic (exact) mass is 397 g/mol. The summed E-state index contributed by atoms with van der Waals surface area (Å²) in [6.07, 6.45) is 1.42. The molecule has 2 heterocycles. The normalized spacial score (nSPS) is 17.6. The molecule has 0 N–H and O–H groups in total. The molecule has 1 fully saturated rings. The molecule has 25 heavy (non-hydrogen) atoms. The zero-order valence-electron chi connectivity index (χ0n) is 13.4. The number of halogens is 1. The van der Waals surface area contributed by atoms with Gasteiger partial charge in [0.1, 0.15) is 11.8 Å². The first-order valence-corrected chi connectivity index (χ1v) is 8.88. The topological polar surface area (TPSA) is 55.3 Å². The molecule has 1 amide bonds. The first-order valence-electron chi connectivity index (χ1n) is 8.09. The number of amides is 1. The van der Waals surface area contributed by atoms with E-state index in [4.69, 9.17) is 4.74 Å². The smallest absolute Gasteiger partial charge is 0.274 e. The fourth-order valence-electron chi connectivity index (χ4n) is 2.94. The number of para-hydroxylation sites is 2. The summed E-state index contributed by atoms with van der Waals surface area (Å²) in [6, 6.07) is 15.5. The van der Waals surface area contributed by atoms with E-state index in [1.165, 1.54) is 0 Å². The fourth-order valence-corrected chi connectivity index (χ4v) is 3.20. The van der Waals surface area contributed by atoms with Crippen LogP contribution >= 0.6 is 15.9 Å². The Bertz CT molecular complexity index is 914. The minimum atomic E-state index is -0.126. The van der Waals surface area contributed by atoms with E-state index < -0.39 is 0 Å². The number of benzene rings is 2. The van der Waals surface area contributed by atoms with Crippen LogP contribution in [0.1, 0.15) is 22.2 Å². The number of carbonyl (C=O) groups excluding carboxylic acids is 1. The van der Waals surface area contributed by atoms with Gasteiger partial charge in [0.2, 0.25) is 0 Å². The van der Waals surface area contributed by atoms with Gasteiger partial charge in [-0.15, -0.1) is 0 Å². The van der Waals surface area contributed by atoms with E-state index in [9.17, 15) is 4.79 Å². The maximum atomic E-state index is 12.8. The Kier molecular flexibility index (Phi) is 4.46. The second-order valence-electron chi connectivity index (χ2n) is 5.91. The third-order valence-corrected chi connectivity index (χ3v) is 4.79. The minimum absolute atomic E-state index is 0.108. The Labute approximate surface area is 153 Å². The van der Waals surface area contributed by atoms with Crippen LogP contribution in [0.5, 0.6) is 0 Å². The molecule has 5 nitrogen and oxygen atoms in total. The number of hydrogen-bond donors (Lipinski definition) is 0. The highest BCUT2D eigenvalue weighted by molar-refractivity contribution is 9.10. The van der Waals surface area contributed by atoms with Crippen LogP contribution in [-0.4, -0.2) is 40.5 Å². The second-order valence-corrected chi connectivity index (χ2v) is 6.82. The zero-order valence-corrected chi connectivity index (χ0v) is 15.0. The Hall–Kier alpha value is -2.31. The summed E-state index contributed by atoms with van der Waals surface area (Å²) < 4.78 is 6.87. The van der Waals surface area contributed by atoms with Crippen LogP contribution in [0, 0.1) is 0 Å². The number of morpholine rings is 1. The molecule has 6 heteroatoms. The molecule has 0 saturated carbocycles.